The standard InChI is InChI=1S/C11H15BrN2O2/c1-6(5-13)10-8(12)3-4-9(16)11(10)14-7(2)15/h3-4,6,16H,5,13H2,1-2H3,(H,14,15). The van der Waals surface area contributed by atoms with Crippen molar-refractivity contribution in [1.29, 1.82) is 0 Å². The maximum absolute atomic E-state index is 11.1. The average molecular weight is 287 g/mol. The number of phenolic OH excluding ortho intramolecular Hbond substituents is 1. The van der Waals surface area contributed by atoms with Crippen LogP contribution >= 0.6 is 15.9 Å². The molecule has 1 rings (SSSR count). The first-order chi connectivity index (χ1) is 7.47. The largest absolute Gasteiger partial charge is 0.506 e. The minimum Gasteiger partial charge on any atom is -0.506 e. The molecule has 0 aliphatic carbocycles. The molecule has 0 saturated heterocycles. The van der Waals surface area contributed by atoms with Gasteiger partial charge in [-0.25, -0.2) is 0 Å². The van der Waals surface area contributed by atoms with Gasteiger partial charge in [-0.2, -0.15) is 0 Å². The maximum Gasteiger partial charge on any atom is 0.221 e. The summed E-state index contributed by atoms with van der Waals surface area (Å²) >= 11 is 3.39. The fourth-order valence-corrected chi connectivity index (χ4v) is 2.21. The lowest BCUT2D eigenvalue weighted by molar-refractivity contribution is -0.114. The van der Waals surface area contributed by atoms with Gasteiger partial charge in [0, 0.05) is 11.4 Å². The van der Waals surface area contributed by atoms with Crippen LogP contribution in [-0.4, -0.2) is 17.6 Å². The van der Waals surface area contributed by atoms with E-state index >= 15 is 0 Å². The summed E-state index contributed by atoms with van der Waals surface area (Å²) in [5.41, 5.74) is 6.86. The molecule has 1 atom stereocenters. The fraction of sp³-hybridized carbons (Fsp3) is 0.364. The summed E-state index contributed by atoms with van der Waals surface area (Å²) in [4.78, 5) is 11.1. The SMILES string of the molecule is CC(=O)Nc1c(O)ccc(Br)c1C(C)CN. The molecule has 0 spiro atoms. The van der Waals surface area contributed by atoms with Gasteiger partial charge >= 0.3 is 0 Å². The van der Waals surface area contributed by atoms with E-state index in [9.17, 15) is 9.90 Å². The van der Waals surface area contributed by atoms with Gasteiger partial charge in [-0.05, 0) is 30.2 Å². The Hall–Kier alpha value is -1.07. The highest BCUT2D eigenvalue weighted by molar-refractivity contribution is 9.10. The number of amides is 1. The Balaban J connectivity index is 3.30. The van der Waals surface area contributed by atoms with Gasteiger partial charge in [-0.15, -0.1) is 0 Å². The molecule has 0 saturated carbocycles. The van der Waals surface area contributed by atoms with E-state index in [1.165, 1.54) is 13.0 Å². The van der Waals surface area contributed by atoms with Crippen LogP contribution in [0, 0.1) is 0 Å². The normalized spacial score (nSPS) is 12.2. The van der Waals surface area contributed by atoms with Crippen LogP contribution in [0.4, 0.5) is 5.69 Å². The second-order valence-electron chi connectivity index (χ2n) is 3.67. The van der Waals surface area contributed by atoms with Crippen molar-refractivity contribution >= 4 is 27.5 Å². The molecule has 0 aliphatic rings. The summed E-state index contributed by atoms with van der Waals surface area (Å²) < 4.78 is 0.826. The first-order valence-corrected chi connectivity index (χ1v) is 5.75. The first-order valence-electron chi connectivity index (χ1n) is 4.96. The molecule has 0 fully saturated rings. The van der Waals surface area contributed by atoms with E-state index in [0.29, 0.717) is 12.2 Å². The summed E-state index contributed by atoms with van der Waals surface area (Å²) in [5, 5.41) is 12.4. The number of nitrogens with two attached hydrogens (primary N) is 1. The quantitative estimate of drug-likeness (QED) is 0.746. The van der Waals surface area contributed by atoms with Crippen LogP contribution in [0.25, 0.3) is 0 Å². The number of hydrogen-bond acceptors (Lipinski definition) is 3. The molecular weight excluding hydrogens is 272 g/mol. The van der Waals surface area contributed by atoms with E-state index in [1.807, 2.05) is 6.92 Å². The van der Waals surface area contributed by atoms with Crippen molar-refractivity contribution < 1.29 is 9.90 Å². The predicted octanol–water partition coefficient (Wildman–Crippen LogP) is 2.18. The molecule has 1 amide bonds. The number of anilines is 1. The number of benzene rings is 1. The van der Waals surface area contributed by atoms with Crippen LogP contribution in [0.15, 0.2) is 16.6 Å². The molecule has 0 aromatic heterocycles. The number of carbonyl (C=O) groups is 1. The van der Waals surface area contributed by atoms with Crippen molar-refractivity contribution in [3.63, 3.8) is 0 Å². The van der Waals surface area contributed by atoms with Gasteiger partial charge in [-0.1, -0.05) is 22.9 Å². The summed E-state index contributed by atoms with van der Waals surface area (Å²) in [6.45, 7) is 3.77. The number of nitrogens with one attached hydrogen (secondary N) is 1. The Morgan fingerprint density at radius 2 is 2.25 bits per heavy atom. The van der Waals surface area contributed by atoms with Crippen LogP contribution in [0.3, 0.4) is 0 Å². The second kappa shape index (κ2) is 5.32. The minimum absolute atomic E-state index is 0.0447. The third kappa shape index (κ3) is 2.74. The smallest absolute Gasteiger partial charge is 0.221 e. The Kier molecular flexibility index (Phi) is 4.32. The van der Waals surface area contributed by atoms with E-state index < -0.39 is 0 Å². The molecule has 88 valence electrons. The van der Waals surface area contributed by atoms with Gasteiger partial charge in [0.1, 0.15) is 5.75 Å². The Labute approximate surface area is 103 Å². The topological polar surface area (TPSA) is 75.3 Å². The zero-order chi connectivity index (χ0) is 12.3. The molecule has 5 heteroatoms. The Bertz CT molecular complexity index is 407. The van der Waals surface area contributed by atoms with E-state index in [-0.39, 0.29) is 17.6 Å². The molecule has 0 heterocycles. The third-order valence-corrected chi connectivity index (χ3v) is 3.01. The van der Waals surface area contributed by atoms with Crippen molar-refractivity contribution in [2.75, 3.05) is 11.9 Å². The lowest BCUT2D eigenvalue weighted by Crippen LogP contribution is -2.14. The number of carbonyl (C=O) groups excluding carboxylic acids is 1. The first kappa shape index (κ1) is 13.0. The molecule has 1 aromatic rings. The molecule has 4 nitrogen and oxygen atoms in total. The molecule has 1 aromatic carbocycles. The van der Waals surface area contributed by atoms with Crippen molar-refractivity contribution in [1.82, 2.24) is 0 Å². The molecule has 1 unspecified atom stereocenters. The van der Waals surface area contributed by atoms with Crippen LogP contribution < -0.4 is 11.1 Å². The monoisotopic (exact) mass is 286 g/mol. The number of halogens is 1. The van der Waals surface area contributed by atoms with Gasteiger partial charge in [0.15, 0.2) is 0 Å². The molecule has 4 N–H and O–H groups in total. The zero-order valence-electron chi connectivity index (χ0n) is 9.25. The Morgan fingerprint density at radius 3 is 2.75 bits per heavy atom. The predicted molar refractivity (Wildman–Crippen MR) is 67.6 cm³/mol. The molecule has 16 heavy (non-hydrogen) atoms. The van der Waals surface area contributed by atoms with Gasteiger partial charge in [0.25, 0.3) is 0 Å². The van der Waals surface area contributed by atoms with Crippen molar-refractivity contribution in [3.05, 3.63) is 22.2 Å². The van der Waals surface area contributed by atoms with Crippen LogP contribution in [-0.2, 0) is 4.79 Å². The fourth-order valence-electron chi connectivity index (χ4n) is 1.49. The van der Waals surface area contributed by atoms with E-state index in [2.05, 4.69) is 21.2 Å². The highest BCUT2D eigenvalue weighted by Crippen LogP contribution is 2.37. The van der Waals surface area contributed by atoms with Gasteiger partial charge in [0.05, 0.1) is 5.69 Å². The van der Waals surface area contributed by atoms with Crippen LogP contribution in [0.2, 0.25) is 0 Å². The van der Waals surface area contributed by atoms with Crippen molar-refractivity contribution in [2.24, 2.45) is 5.73 Å². The second-order valence-corrected chi connectivity index (χ2v) is 4.53. The molecule has 0 aliphatic heterocycles. The summed E-state index contributed by atoms with van der Waals surface area (Å²) in [6, 6.07) is 3.27. The zero-order valence-corrected chi connectivity index (χ0v) is 10.8. The van der Waals surface area contributed by atoms with E-state index in [1.54, 1.807) is 6.07 Å². The summed E-state index contributed by atoms with van der Waals surface area (Å²) in [6.07, 6.45) is 0. The van der Waals surface area contributed by atoms with Crippen LogP contribution in [0.5, 0.6) is 5.75 Å². The van der Waals surface area contributed by atoms with Gasteiger partial charge < -0.3 is 16.2 Å². The van der Waals surface area contributed by atoms with Crippen molar-refractivity contribution in [3.8, 4) is 5.75 Å². The van der Waals surface area contributed by atoms with E-state index in [4.69, 9.17) is 5.73 Å². The number of aromatic hydroxyl groups is 1. The minimum atomic E-state index is -0.223. The lowest BCUT2D eigenvalue weighted by Gasteiger charge is -2.18. The number of hydrogen-bond donors (Lipinski definition) is 3. The number of phenols is 1. The molecular formula is C11H15BrN2O2. The van der Waals surface area contributed by atoms with Gasteiger partial charge in [-0.3, -0.25) is 4.79 Å². The molecule has 0 radical (unpaired) electrons. The van der Waals surface area contributed by atoms with Crippen molar-refractivity contribution in [2.45, 2.75) is 19.8 Å². The highest BCUT2D eigenvalue weighted by atomic mass is 79.9. The number of rotatable bonds is 3. The third-order valence-electron chi connectivity index (χ3n) is 2.32. The van der Waals surface area contributed by atoms with Crippen LogP contribution in [0.1, 0.15) is 25.3 Å². The summed E-state index contributed by atoms with van der Waals surface area (Å²) in [5.74, 6) is -0.129. The average Bonchev–Trinajstić information content (AvgIpc) is 2.22. The van der Waals surface area contributed by atoms with Gasteiger partial charge in [0.2, 0.25) is 5.91 Å². The summed E-state index contributed by atoms with van der Waals surface area (Å²) in [7, 11) is 0. The van der Waals surface area contributed by atoms with E-state index in [0.717, 1.165) is 10.0 Å². The molecule has 0 bridgehead atoms. The Morgan fingerprint density at radius 1 is 1.62 bits per heavy atom. The maximum atomic E-state index is 11.1. The lowest BCUT2D eigenvalue weighted by atomic mass is 9.98. The highest BCUT2D eigenvalue weighted by Gasteiger charge is 2.17.